The van der Waals surface area contributed by atoms with Crippen LogP contribution in [-0.2, 0) is 11.3 Å². The van der Waals surface area contributed by atoms with Crippen LogP contribution >= 0.6 is 11.3 Å². The molecule has 1 saturated carbocycles. The lowest BCUT2D eigenvalue weighted by Crippen LogP contribution is -2.30. The zero-order valence-electron chi connectivity index (χ0n) is 13.2. The molecule has 1 atom stereocenters. The summed E-state index contributed by atoms with van der Waals surface area (Å²) < 4.78 is 5.52. The van der Waals surface area contributed by atoms with Crippen LogP contribution in [-0.4, -0.2) is 18.6 Å². The predicted octanol–water partition coefficient (Wildman–Crippen LogP) is 3.26. The van der Waals surface area contributed by atoms with Gasteiger partial charge in [-0.05, 0) is 48.9 Å². The first-order chi connectivity index (χ1) is 11.2. The summed E-state index contributed by atoms with van der Waals surface area (Å²) in [4.78, 5) is 12.9. The average molecular weight is 330 g/mol. The Morgan fingerprint density at radius 2 is 2.09 bits per heavy atom. The van der Waals surface area contributed by atoms with Crippen LogP contribution < -0.4 is 15.4 Å². The van der Waals surface area contributed by atoms with Gasteiger partial charge in [-0.15, -0.1) is 11.3 Å². The van der Waals surface area contributed by atoms with Crippen LogP contribution in [0.5, 0.6) is 5.75 Å². The second-order valence-corrected chi connectivity index (χ2v) is 6.91. The van der Waals surface area contributed by atoms with Gasteiger partial charge < -0.3 is 15.4 Å². The van der Waals surface area contributed by atoms with Crippen LogP contribution in [0.2, 0.25) is 0 Å². The highest BCUT2D eigenvalue weighted by Gasteiger charge is 2.23. The summed E-state index contributed by atoms with van der Waals surface area (Å²) >= 11 is 1.76. The topological polar surface area (TPSA) is 50.4 Å². The number of rotatable bonds is 8. The van der Waals surface area contributed by atoms with E-state index in [0.29, 0.717) is 6.04 Å². The van der Waals surface area contributed by atoms with E-state index in [4.69, 9.17) is 4.74 Å². The predicted molar refractivity (Wildman–Crippen MR) is 92.7 cm³/mol. The Kier molecular flexibility index (Phi) is 5.31. The van der Waals surface area contributed by atoms with Gasteiger partial charge in [0.05, 0.1) is 0 Å². The molecule has 0 saturated heterocycles. The maximum Gasteiger partial charge on any atom is 0.258 e. The summed E-state index contributed by atoms with van der Waals surface area (Å²) in [5, 5.41) is 8.51. The van der Waals surface area contributed by atoms with Gasteiger partial charge in [-0.3, -0.25) is 4.79 Å². The molecule has 122 valence electrons. The normalized spacial score (nSPS) is 15.2. The van der Waals surface area contributed by atoms with Crippen LogP contribution in [0, 0.1) is 0 Å². The molecule has 0 bridgehead atoms. The van der Waals surface area contributed by atoms with Crippen molar-refractivity contribution in [2.75, 3.05) is 6.61 Å². The second kappa shape index (κ2) is 7.62. The van der Waals surface area contributed by atoms with E-state index in [1.165, 1.54) is 10.4 Å². The van der Waals surface area contributed by atoms with Crippen molar-refractivity contribution in [2.45, 2.75) is 38.4 Å². The van der Waals surface area contributed by atoms with E-state index in [1.54, 1.807) is 11.3 Å². The minimum atomic E-state index is -0.0393. The number of hydrogen-bond acceptors (Lipinski definition) is 4. The van der Waals surface area contributed by atoms with Crippen molar-refractivity contribution in [3.05, 3.63) is 52.2 Å². The smallest absolute Gasteiger partial charge is 0.258 e. The number of thiophene rings is 1. The Balaban J connectivity index is 1.44. The van der Waals surface area contributed by atoms with Crippen LogP contribution in [0.1, 0.15) is 36.2 Å². The Morgan fingerprint density at radius 1 is 1.30 bits per heavy atom. The summed E-state index contributed by atoms with van der Waals surface area (Å²) in [5.41, 5.74) is 1.20. The molecule has 1 aromatic heterocycles. The third-order valence-corrected chi connectivity index (χ3v) is 4.73. The van der Waals surface area contributed by atoms with Gasteiger partial charge in [-0.1, -0.05) is 18.2 Å². The lowest BCUT2D eigenvalue weighted by molar-refractivity contribution is -0.123. The second-order valence-electron chi connectivity index (χ2n) is 5.88. The zero-order valence-corrected chi connectivity index (χ0v) is 14.1. The van der Waals surface area contributed by atoms with E-state index < -0.39 is 0 Å². The first kappa shape index (κ1) is 16.0. The molecule has 0 unspecified atom stereocenters. The molecular formula is C18H22N2O2S. The fourth-order valence-electron chi connectivity index (χ4n) is 2.28. The molecule has 1 aliphatic rings. The number of carbonyl (C=O) groups is 1. The van der Waals surface area contributed by atoms with E-state index in [1.807, 2.05) is 24.3 Å². The average Bonchev–Trinajstić information content (AvgIpc) is 3.22. The lowest BCUT2D eigenvalue weighted by atomic mass is 10.1. The summed E-state index contributed by atoms with van der Waals surface area (Å²) in [6, 6.07) is 12.8. The van der Waals surface area contributed by atoms with E-state index in [2.05, 4.69) is 35.1 Å². The number of ether oxygens (including phenoxy) is 1. The third-order valence-electron chi connectivity index (χ3n) is 3.86. The molecule has 1 amide bonds. The van der Waals surface area contributed by atoms with Gasteiger partial charge in [-0.2, -0.15) is 0 Å². The minimum absolute atomic E-state index is 0.0393. The van der Waals surface area contributed by atoms with Crippen molar-refractivity contribution >= 4 is 17.2 Å². The fourth-order valence-corrected chi connectivity index (χ4v) is 2.94. The molecule has 3 rings (SSSR count). The molecule has 0 spiro atoms. The molecule has 2 aromatic rings. The quantitative estimate of drug-likeness (QED) is 0.781. The molecule has 0 aliphatic heterocycles. The van der Waals surface area contributed by atoms with Crippen molar-refractivity contribution in [2.24, 2.45) is 0 Å². The molecule has 23 heavy (non-hydrogen) atoms. The highest BCUT2D eigenvalue weighted by molar-refractivity contribution is 7.09. The molecule has 5 heteroatoms. The van der Waals surface area contributed by atoms with Crippen LogP contribution in [0.25, 0.3) is 0 Å². The van der Waals surface area contributed by atoms with Gasteiger partial charge in [0.2, 0.25) is 0 Å². The lowest BCUT2D eigenvalue weighted by Gasteiger charge is -2.14. The van der Waals surface area contributed by atoms with E-state index in [-0.39, 0.29) is 18.6 Å². The SMILES string of the molecule is C[C@H](NCc1cccs1)c1ccc(OCC(=O)NC2CC2)cc1. The molecule has 1 aromatic carbocycles. The molecule has 1 aliphatic carbocycles. The maximum absolute atomic E-state index is 11.6. The molecule has 0 radical (unpaired) electrons. The number of carbonyl (C=O) groups excluding carboxylic acids is 1. The fraction of sp³-hybridized carbons (Fsp3) is 0.389. The van der Waals surface area contributed by atoms with Gasteiger partial charge in [0.15, 0.2) is 6.61 Å². The van der Waals surface area contributed by atoms with Crippen LogP contribution in [0.15, 0.2) is 41.8 Å². The van der Waals surface area contributed by atoms with Gasteiger partial charge in [0.1, 0.15) is 5.75 Å². The highest BCUT2D eigenvalue weighted by Crippen LogP contribution is 2.20. The van der Waals surface area contributed by atoms with Gasteiger partial charge >= 0.3 is 0 Å². The summed E-state index contributed by atoms with van der Waals surface area (Å²) in [7, 11) is 0. The molecule has 2 N–H and O–H groups in total. The summed E-state index contributed by atoms with van der Waals surface area (Å²) in [6.45, 7) is 3.10. The monoisotopic (exact) mass is 330 g/mol. The number of benzene rings is 1. The van der Waals surface area contributed by atoms with Crippen LogP contribution in [0.4, 0.5) is 0 Å². The standard InChI is InChI=1S/C18H22N2O2S/c1-13(19-11-17-3-2-10-23-17)14-4-8-16(9-5-14)22-12-18(21)20-15-6-7-15/h2-5,8-10,13,15,19H,6-7,11-12H2,1H3,(H,20,21)/t13-/m0/s1. The number of hydrogen-bond donors (Lipinski definition) is 2. The molecular weight excluding hydrogens is 308 g/mol. The Hall–Kier alpha value is -1.85. The first-order valence-corrected chi connectivity index (χ1v) is 8.86. The maximum atomic E-state index is 11.6. The van der Waals surface area contributed by atoms with Gasteiger partial charge in [-0.25, -0.2) is 0 Å². The Morgan fingerprint density at radius 3 is 2.74 bits per heavy atom. The van der Waals surface area contributed by atoms with Crippen molar-refractivity contribution in [3.63, 3.8) is 0 Å². The van der Waals surface area contributed by atoms with Crippen molar-refractivity contribution in [3.8, 4) is 5.75 Å². The molecule has 1 fully saturated rings. The van der Waals surface area contributed by atoms with E-state index in [0.717, 1.165) is 25.1 Å². The summed E-state index contributed by atoms with van der Waals surface area (Å²) in [5.74, 6) is 0.688. The van der Waals surface area contributed by atoms with E-state index >= 15 is 0 Å². The largest absolute Gasteiger partial charge is 0.484 e. The first-order valence-electron chi connectivity index (χ1n) is 7.98. The Bertz CT molecular complexity index is 621. The van der Waals surface area contributed by atoms with Crippen molar-refractivity contribution < 1.29 is 9.53 Å². The van der Waals surface area contributed by atoms with Gasteiger partial charge in [0.25, 0.3) is 5.91 Å². The Labute approximate surface area is 140 Å². The summed E-state index contributed by atoms with van der Waals surface area (Å²) in [6.07, 6.45) is 2.19. The van der Waals surface area contributed by atoms with E-state index in [9.17, 15) is 4.79 Å². The van der Waals surface area contributed by atoms with Crippen molar-refractivity contribution in [1.29, 1.82) is 0 Å². The third kappa shape index (κ3) is 5.08. The van der Waals surface area contributed by atoms with Crippen molar-refractivity contribution in [1.82, 2.24) is 10.6 Å². The van der Waals surface area contributed by atoms with Crippen LogP contribution in [0.3, 0.4) is 0 Å². The molecule has 4 nitrogen and oxygen atoms in total. The number of nitrogens with one attached hydrogen (secondary N) is 2. The number of amides is 1. The highest BCUT2D eigenvalue weighted by atomic mass is 32.1. The zero-order chi connectivity index (χ0) is 16.1. The van der Waals surface area contributed by atoms with Gasteiger partial charge in [0, 0.05) is 23.5 Å². The minimum Gasteiger partial charge on any atom is -0.484 e. The molecule has 1 heterocycles.